The molecule has 1 aliphatic heterocycles. The number of amides is 2. The number of fused-ring (bicyclic) bond motifs is 1. The van der Waals surface area contributed by atoms with E-state index in [9.17, 15) is 9.59 Å². The van der Waals surface area contributed by atoms with Crippen LogP contribution in [-0.4, -0.2) is 26.7 Å². The third kappa shape index (κ3) is 2.88. The van der Waals surface area contributed by atoms with Crippen LogP contribution in [0.3, 0.4) is 0 Å². The molecule has 2 aromatic carbocycles. The number of nitrogens with two attached hydrogens (primary N) is 2. The number of anilines is 2. The van der Waals surface area contributed by atoms with E-state index in [0.29, 0.717) is 33.0 Å². The topological polar surface area (TPSA) is 115 Å². The predicted molar refractivity (Wildman–Crippen MR) is 102 cm³/mol. The summed E-state index contributed by atoms with van der Waals surface area (Å²) in [7, 11) is 0. The molecule has 0 bridgehead atoms. The molecule has 3 aromatic rings. The Hall–Kier alpha value is -3.45. The third-order valence-electron chi connectivity index (χ3n) is 4.35. The normalized spacial score (nSPS) is 13.1. The van der Waals surface area contributed by atoms with Crippen molar-refractivity contribution in [2.24, 2.45) is 0 Å². The van der Waals surface area contributed by atoms with Crippen LogP contribution in [0.2, 0.25) is 5.02 Å². The first-order valence-electron chi connectivity index (χ1n) is 8.08. The fraction of sp³-hybridized carbons (Fsp3) is 0.0526. The minimum absolute atomic E-state index is 0.0307. The van der Waals surface area contributed by atoms with Crippen molar-refractivity contribution < 1.29 is 9.59 Å². The first kappa shape index (κ1) is 17.0. The first-order valence-corrected chi connectivity index (χ1v) is 8.46. The molecule has 7 nitrogen and oxygen atoms in total. The number of hydrogen-bond acceptors (Lipinski definition) is 6. The van der Waals surface area contributed by atoms with Crippen molar-refractivity contribution in [1.82, 2.24) is 14.9 Å². The summed E-state index contributed by atoms with van der Waals surface area (Å²) < 4.78 is 0. The standard InChI is InChI=1S/C19H14ClN5O2/c20-11-7-5-10(6-8-11)15-14(23-19(22)24-16(15)21)9-25-17(26)12-3-1-2-4-13(12)18(25)27/h1-8H,9H2,(H4,21,22,23,24). The van der Waals surface area contributed by atoms with E-state index in [1.165, 1.54) is 0 Å². The molecule has 0 saturated heterocycles. The Labute approximate surface area is 159 Å². The highest BCUT2D eigenvalue weighted by Crippen LogP contribution is 2.32. The monoisotopic (exact) mass is 379 g/mol. The Bertz CT molecular complexity index is 1050. The first-order chi connectivity index (χ1) is 13.0. The molecular formula is C19H14ClN5O2. The number of halogens is 1. The van der Waals surface area contributed by atoms with Crippen LogP contribution in [0, 0.1) is 0 Å². The number of hydrogen-bond donors (Lipinski definition) is 2. The lowest BCUT2D eigenvalue weighted by atomic mass is 10.0. The van der Waals surface area contributed by atoms with E-state index < -0.39 is 0 Å². The zero-order valence-corrected chi connectivity index (χ0v) is 14.8. The number of aromatic nitrogens is 2. The van der Waals surface area contributed by atoms with E-state index in [2.05, 4.69) is 9.97 Å². The predicted octanol–water partition coefficient (Wildman–Crippen LogP) is 2.76. The van der Waals surface area contributed by atoms with Crippen molar-refractivity contribution in [1.29, 1.82) is 0 Å². The van der Waals surface area contributed by atoms with Crippen LogP contribution in [-0.2, 0) is 6.54 Å². The summed E-state index contributed by atoms with van der Waals surface area (Å²) >= 11 is 5.95. The molecule has 134 valence electrons. The molecule has 0 atom stereocenters. The third-order valence-corrected chi connectivity index (χ3v) is 4.60. The van der Waals surface area contributed by atoms with Crippen molar-refractivity contribution in [3.63, 3.8) is 0 Å². The summed E-state index contributed by atoms with van der Waals surface area (Å²) in [5.74, 6) is -0.630. The SMILES string of the molecule is Nc1nc(N)c(-c2ccc(Cl)cc2)c(CN2C(=O)c3ccccc3C2=O)n1. The maximum Gasteiger partial charge on any atom is 0.261 e. The van der Waals surface area contributed by atoms with Gasteiger partial charge in [-0.05, 0) is 29.8 Å². The lowest BCUT2D eigenvalue weighted by Gasteiger charge is -2.17. The van der Waals surface area contributed by atoms with E-state index in [0.717, 1.165) is 4.90 Å². The fourth-order valence-corrected chi connectivity index (χ4v) is 3.25. The molecule has 0 aliphatic carbocycles. The van der Waals surface area contributed by atoms with E-state index in [4.69, 9.17) is 23.1 Å². The van der Waals surface area contributed by atoms with Crippen LogP contribution in [0.4, 0.5) is 11.8 Å². The van der Waals surface area contributed by atoms with Gasteiger partial charge in [-0.3, -0.25) is 14.5 Å². The molecule has 2 heterocycles. The number of rotatable bonds is 3. The van der Waals surface area contributed by atoms with Crippen molar-refractivity contribution >= 4 is 35.2 Å². The zero-order valence-electron chi connectivity index (χ0n) is 14.0. The highest BCUT2D eigenvalue weighted by Gasteiger charge is 2.36. The molecule has 4 rings (SSSR count). The minimum atomic E-state index is -0.381. The quantitative estimate of drug-likeness (QED) is 0.676. The molecule has 4 N–H and O–H groups in total. The second kappa shape index (κ2) is 6.37. The van der Waals surface area contributed by atoms with E-state index in [1.807, 2.05) is 0 Å². The molecule has 0 spiro atoms. The number of imide groups is 1. The maximum absolute atomic E-state index is 12.7. The molecule has 0 unspecified atom stereocenters. The van der Waals surface area contributed by atoms with Crippen molar-refractivity contribution in [3.8, 4) is 11.1 Å². The Morgan fingerprint density at radius 2 is 1.48 bits per heavy atom. The summed E-state index contributed by atoms with van der Waals surface area (Å²) in [6.45, 7) is -0.0682. The average molecular weight is 380 g/mol. The van der Waals surface area contributed by atoms with Gasteiger partial charge in [0.05, 0.1) is 23.4 Å². The van der Waals surface area contributed by atoms with Gasteiger partial charge in [-0.1, -0.05) is 35.9 Å². The molecule has 0 fully saturated rings. The second-order valence-corrected chi connectivity index (χ2v) is 6.47. The van der Waals surface area contributed by atoms with Gasteiger partial charge < -0.3 is 11.5 Å². The van der Waals surface area contributed by atoms with Gasteiger partial charge >= 0.3 is 0 Å². The molecule has 1 aliphatic rings. The Balaban J connectivity index is 1.78. The molecule has 0 saturated carbocycles. The second-order valence-electron chi connectivity index (χ2n) is 6.04. The van der Waals surface area contributed by atoms with Crippen LogP contribution in [0.1, 0.15) is 26.4 Å². The highest BCUT2D eigenvalue weighted by atomic mass is 35.5. The Kier molecular flexibility index (Phi) is 4.01. The summed E-state index contributed by atoms with van der Waals surface area (Å²) in [6, 6.07) is 13.6. The number of benzene rings is 2. The summed E-state index contributed by atoms with van der Waals surface area (Å²) in [6.07, 6.45) is 0. The van der Waals surface area contributed by atoms with Gasteiger partial charge in [0.25, 0.3) is 11.8 Å². The molecule has 0 radical (unpaired) electrons. The van der Waals surface area contributed by atoms with Crippen molar-refractivity contribution in [2.45, 2.75) is 6.54 Å². The van der Waals surface area contributed by atoms with Crippen molar-refractivity contribution in [2.75, 3.05) is 11.5 Å². The van der Waals surface area contributed by atoms with Crippen LogP contribution in [0.25, 0.3) is 11.1 Å². The Morgan fingerprint density at radius 3 is 2.07 bits per heavy atom. The van der Waals surface area contributed by atoms with Gasteiger partial charge in [0.15, 0.2) is 0 Å². The van der Waals surface area contributed by atoms with E-state index in [1.54, 1.807) is 48.5 Å². The van der Waals surface area contributed by atoms with Gasteiger partial charge in [-0.25, -0.2) is 4.98 Å². The summed E-state index contributed by atoms with van der Waals surface area (Å²) in [5.41, 5.74) is 14.2. The van der Waals surface area contributed by atoms with Crippen LogP contribution in [0.5, 0.6) is 0 Å². The molecule has 8 heteroatoms. The van der Waals surface area contributed by atoms with Gasteiger partial charge in [0, 0.05) is 10.6 Å². The minimum Gasteiger partial charge on any atom is -0.383 e. The van der Waals surface area contributed by atoms with Crippen molar-refractivity contribution in [3.05, 3.63) is 70.4 Å². The van der Waals surface area contributed by atoms with Gasteiger partial charge in [-0.2, -0.15) is 4.98 Å². The number of carbonyl (C=O) groups is 2. The van der Waals surface area contributed by atoms with Gasteiger partial charge in [0.1, 0.15) is 5.82 Å². The molecule has 27 heavy (non-hydrogen) atoms. The van der Waals surface area contributed by atoms with Gasteiger partial charge in [0.2, 0.25) is 5.95 Å². The number of carbonyl (C=O) groups excluding carboxylic acids is 2. The number of nitrogen functional groups attached to an aromatic ring is 2. The fourth-order valence-electron chi connectivity index (χ4n) is 3.12. The smallest absolute Gasteiger partial charge is 0.261 e. The summed E-state index contributed by atoms with van der Waals surface area (Å²) in [4.78, 5) is 34.7. The molecular weight excluding hydrogens is 366 g/mol. The lowest BCUT2D eigenvalue weighted by Crippen LogP contribution is -2.30. The Morgan fingerprint density at radius 1 is 0.889 bits per heavy atom. The molecule has 2 amide bonds. The average Bonchev–Trinajstić information content (AvgIpc) is 2.88. The van der Waals surface area contributed by atoms with Crippen LogP contribution < -0.4 is 11.5 Å². The van der Waals surface area contributed by atoms with Crippen LogP contribution >= 0.6 is 11.6 Å². The largest absolute Gasteiger partial charge is 0.383 e. The summed E-state index contributed by atoms with van der Waals surface area (Å²) in [5, 5.41) is 0.565. The highest BCUT2D eigenvalue weighted by molar-refractivity contribution is 6.30. The van der Waals surface area contributed by atoms with Crippen LogP contribution in [0.15, 0.2) is 48.5 Å². The van der Waals surface area contributed by atoms with Gasteiger partial charge in [-0.15, -0.1) is 0 Å². The number of nitrogens with zero attached hydrogens (tertiary/aromatic N) is 3. The lowest BCUT2D eigenvalue weighted by molar-refractivity contribution is 0.0640. The maximum atomic E-state index is 12.7. The zero-order chi connectivity index (χ0) is 19.1. The molecule has 1 aromatic heterocycles. The van der Waals surface area contributed by atoms with E-state index in [-0.39, 0.29) is 30.1 Å². The van der Waals surface area contributed by atoms with E-state index >= 15 is 0 Å².